The molecule has 1 saturated heterocycles. The first-order chi connectivity index (χ1) is 13.2. The van der Waals surface area contributed by atoms with E-state index in [1.165, 1.54) is 6.42 Å². The van der Waals surface area contributed by atoms with Crippen molar-refractivity contribution in [3.05, 3.63) is 60.6 Å². The number of nitrogens with zero attached hydrogens (tertiary/aromatic N) is 6. The topological polar surface area (TPSA) is 68.8 Å². The largest absolute Gasteiger partial charge is 0.337 e. The van der Waals surface area contributed by atoms with Crippen molar-refractivity contribution in [2.45, 2.75) is 45.2 Å². The first-order valence-electron chi connectivity index (χ1n) is 9.47. The maximum absolute atomic E-state index is 13.3. The highest BCUT2D eigenvalue weighted by Gasteiger charge is 2.29. The molecule has 4 rings (SSSR count). The zero-order valence-electron chi connectivity index (χ0n) is 15.5. The van der Waals surface area contributed by atoms with Gasteiger partial charge in [0, 0.05) is 37.7 Å². The Hall–Kier alpha value is -2.96. The second-order valence-corrected chi connectivity index (χ2v) is 6.98. The third kappa shape index (κ3) is 3.63. The number of aryl methyl sites for hydroxylation is 1. The summed E-state index contributed by atoms with van der Waals surface area (Å²) >= 11 is 0. The van der Waals surface area contributed by atoms with Gasteiger partial charge in [0.1, 0.15) is 0 Å². The maximum atomic E-state index is 13.3. The first-order valence-corrected chi connectivity index (χ1v) is 9.47. The normalized spacial score (nSPS) is 17.2. The molecule has 0 bridgehead atoms. The predicted octanol–water partition coefficient (Wildman–Crippen LogP) is 2.86. The van der Waals surface area contributed by atoms with Gasteiger partial charge >= 0.3 is 0 Å². The number of rotatable bonds is 5. The highest BCUT2D eigenvalue weighted by Crippen LogP contribution is 2.24. The molecule has 0 unspecified atom stereocenters. The summed E-state index contributed by atoms with van der Waals surface area (Å²) in [5.74, 6) is 0.800. The van der Waals surface area contributed by atoms with Crippen LogP contribution in [-0.2, 0) is 6.54 Å². The quantitative estimate of drug-likeness (QED) is 0.698. The molecule has 0 spiro atoms. The minimum Gasteiger partial charge on any atom is -0.337 e. The first kappa shape index (κ1) is 17.5. The Morgan fingerprint density at radius 1 is 1.26 bits per heavy atom. The van der Waals surface area contributed by atoms with E-state index in [-0.39, 0.29) is 11.9 Å². The van der Waals surface area contributed by atoms with Crippen LogP contribution in [0.4, 0.5) is 0 Å². The molecule has 0 aliphatic carbocycles. The summed E-state index contributed by atoms with van der Waals surface area (Å²) in [4.78, 5) is 23.7. The lowest BCUT2D eigenvalue weighted by Crippen LogP contribution is -2.44. The van der Waals surface area contributed by atoms with Crippen LogP contribution >= 0.6 is 0 Å². The van der Waals surface area contributed by atoms with E-state index in [1.807, 2.05) is 42.5 Å². The molecule has 1 aliphatic heterocycles. The van der Waals surface area contributed by atoms with E-state index in [2.05, 4.69) is 19.6 Å². The van der Waals surface area contributed by atoms with Crippen molar-refractivity contribution in [1.29, 1.82) is 0 Å². The molecular weight excluding hydrogens is 340 g/mol. The highest BCUT2D eigenvalue weighted by atomic mass is 16.2. The molecule has 4 heterocycles. The highest BCUT2D eigenvalue weighted by molar-refractivity contribution is 5.95. The third-order valence-electron chi connectivity index (χ3n) is 5.27. The van der Waals surface area contributed by atoms with Crippen LogP contribution in [0.5, 0.6) is 0 Å². The Balaban J connectivity index is 1.52. The second-order valence-electron chi connectivity index (χ2n) is 6.98. The predicted molar refractivity (Wildman–Crippen MR) is 102 cm³/mol. The molecule has 27 heavy (non-hydrogen) atoms. The van der Waals surface area contributed by atoms with E-state index in [9.17, 15) is 4.79 Å². The van der Waals surface area contributed by atoms with Crippen molar-refractivity contribution in [2.24, 2.45) is 0 Å². The lowest BCUT2D eigenvalue weighted by atomic mass is 9.98. The summed E-state index contributed by atoms with van der Waals surface area (Å²) in [6.45, 7) is 3.61. The van der Waals surface area contributed by atoms with Crippen molar-refractivity contribution < 1.29 is 4.79 Å². The van der Waals surface area contributed by atoms with Crippen LogP contribution in [0.1, 0.15) is 41.7 Å². The smallest absolute Gasteiger partial charge is 0.257 e. The summed E-state index contributed by atoms with van der Waals surface area (Å²) in [5, 5.41) is 4.41. The molecule has 140 valence electrons. The standard InChI is InChI=1S/C20H24N6O/c1-16-18(14-23-26(16)19-7-2-4-9-22-19)20(27)25-11-5-3-6-17(25)8-12-24-13-10-21-15-24/h2,4,7,9-10,13-15,17H,3,5-6,8,11-12H2,1H3/t17-/m1/s1. The molecule has 1 amide bonds. The number of pyridine rings is 1. The number of carbonyl (C=O) groups excluding carboxylic acids is 1. The van der Waals surface area contributed by atoms with E-state index in [4.69, 9.17) is 0 Å². The Bertz CT molecular complexity index is 887. The van der Waals surface area contributed by atoms with Crippen LogP contribution in [0.15, 0.2) is 49.3 Å². The van der Waals surface area contributed by atoms with Crippen molar-refractivity contribution in [3.8, 4) is 5.82 Å². The van der Waals surface area contributed by atoms with E-state index in [0.717, 1.165) is 43.9 Å². The summed E-state index contributed by atoms with van der Waals surface area (Å²) in [6.07, 6.45) is 13.2. The number of aromatic nitrogens is 5. The Morgan fingerprint density at radius 2 is 2.19 bits per heavy atom. The lowest BCUT2D eigenvalue weighted by molar-refractivity contribution is 0.0594. The van der Waals surface area contributed by atoms with Crippen molar-refractivity contribution in [3.63, 3.8) is 0 Å². The molecular formula is C20H24N6O. The monoisotopic (exact) mass is 364 g/mol. The zero-order valence-corrected chi connectivity index (χ0v) is 15.5. The van der Waals surface area contributed by atoms with Crippen molar-refractivity contribution in [2.75, 3.05) is 6.54 Å². The summed E-state index contributed by atoms with van der Waals surface area (Å²) < 4.78 is 3.80. The van der Waals surface area contributed by atoms with Crippen LogP contribution in [0, 0.1) is 6.92 Å². The number of amides is 1. The average molecular weight is 364 g/mol. The Morgan fingerprint density at radius 3 is 2.96 bits per heavy atom. The summed E-state index contributed by atoms with van der Waals surface area (Å²) in [6, 6.07) is 5.93. The third-order valence-corrected chi connectivity index (χ3v) is 5.27. The van der Waals surface area contributed by atoms with Gasteiger partial charge in [-0.15, -0.1) is 0 Å². The minimum atomic E-state index is 0.0741. The second kappa shape index (κ2) is 7.73. The zero-order chi connectivity index (χ0) is 18.6. The van der Waals surface area contributed by atoms with E-state index in [1.54, 1.807) is 23.3 Å². The fraction of sp³-hybridized carbons (Fsp3) is 0.400. The van der Waals surface area contributed by atoms with Gasteiger partial charge in [-0.3, -0.25) is 4.79 Å². The van der Waals surface area contributed by atoms with Gasteiger partial charge in [-0.2, -0.15) is 5.10 Å². The van der Waals surface area contributed by atoms with Gasteiger partial charge in [-0.05, 0) is 44.7 Å². The average Bonchev–Trinajstić information content (AvgIpc) is 3.36. The summed E-state index contributed by atoms with van der Waals surface area (Å²) in [7, 11) is 0. The molecule has 0 aromatic carbocycles. The molecule has 0 radical (unpaired) electrons. The van der Waals surface area contributed by atoms with Gasteiger partial charge in [-0.25, -0.2) is 14.6 Å². The molecule has 1 atom stereocenters. The molecule has 0 saturated carbocycles. The molecule has 3 aromatic rings. The number of carbonyl (C=O) groups is 1. The van der Waals surface area contributed by atoms with Crippen LogP contribution < -0.4 is 0 Å². The van der Waals surface area contributed by atoms with Crippen LogP contribution in [0.25, 0.3) is 5.82 Å². The molecule has 1 aliphatic rings. The van der Waals surface area contributed by atoms with Crippen LogP contribution in [-0.4, -0.2) is 47.7 Å². The number of hydrogen-bond donors (Lipinski definition) is 0. The minimum absolute atomic E-state index is 0.0741. The van der Waals surface area contributed by atoms with Crippen molar-refractivity contribution in [1.82, 2.24) is 29.2 Å². The van der Waals surface area contributed by atoms with E-state index >= 15 is 0 Å². The number of hydrogen-bond acceptors (Lipinski definition) is 4. The molecule has 0 N–H and O–H groups in total. The number of imidazole rings is 1. The summed E-state index contributed by atoms with van der Waals surface area (Å²) in [5.41, 5.74) is 1.49. The Kier molecular flexibility index (Phi) is 5.00. The molecule has 3 aromatic heterocycles. The van der Waals surface area contributed by atoms with Gasteiger partial charge in [0.05, 0.1) is 23.8 Å². The fourth-order valence-electron chi connectivity index (χ4n) is 3.77. The molecule has 7 heteroatoms. The van der Waals surface area contributed by atoms with Crippen LogP contribution in [0.2, 0.25) is 0 Å². The molecule has 1 fully saturated rings. The van der Waals surface area contributed by atoms with Crippen molar-refractivity contribution >= 4 is 5.91 Å². The Labute approximate surface area is 158 Å². The van der Waals surface area contributed by atoms with Crippen LogP contribution in [0.3, 0.4) is 0 Å². The lowest BCUT2D eigenvalue weighted by Gasteiger charge is -2.36. The fourth-order valence-corrected chi connectivity index (χ4v) is 3.77. The van der Waals surface area contributed by atoms with E-state index in [0.29, 0.717) is 5.56 Å². The maximum Gasteiger partial charge on any atom is 0.257 e. The van der Waals surface area contributed by atoms with Gasteiger partial charge in [0.25, 0.3) is 5.91 Å². The van der Waals surface area contributed by atoms with E-state index < -0.39 is 0 Å². The van der Waals surface area contributed by atoms with Gasteiger partial charge < -0.3 is 9.47 Å². The number of piperidine rings is 1. The number of likely N-dealkylation sites (tertiary alicyclic amines) is 1. The van der Waals surface area contributed by atoms with Gasteiger partial charge in [0.2, 0.25) is 0 Å². The van der Waals surface area contributed by atoms with Gasteiger partial charge in [0.15, 0.2) is 5.82 Å². The SMILES string of the molecule is Cc1c(C(=O)N2CCCC[C@@H]2CCn2ccnc2)cnn1-c1ccccn1. The molecule has 7 nitrogen and oxygen atoms in total. The van der Waals surface area contributed by atoms with Gasteiger partial charge in [-0.1, -0.05) is 6.07 Å².